The van der Waals surface area contributed by atoms with Gasteiger partial charge in [0.25, 0.3) is 0 Å². The Morgan fingerprint density at radius 1 is 0.659 bits per heavy atom. The summed E-state index contributed by atoms with van der Waals surface area (Å²) in [5.41, 5.74) is 9.90. The summed E-state index contributed by atoms with van der Waals surface area (Å²) < 4.78 is 13.0. The van der Waals surface area contributed by atoms with Crippen LogP contribution in [0.3, 0.4) is 0 Å². The van der Waals surface area contributed by atoms with Gasteiger partial charge < -0.3 is 19.8 Å². The van der Waals surface area contributed by atoms with Crippen molar-refractivity contribution in [2.75, 3.05) is 23.4 Å². The molecule has 0 radical (unpaired) electrons. The minimum absolute atomic E-state index is 0.333. The summed E-state index contributed by atoms with van der Waals surface area (Å²) in [5.74, 6) is 1.03. The Morgan fingerprint density at radius 3 is 2.00 bits per heavy atom. The first-order valence-electron chi connectivity index (χ1n) is 15.2. The van der Waals surface area contributed by atoms with E-state index in [-0.39, 0.29) is 5.97 Å². The van der Waals surface area contributed by atoms with Crippen LogP contribution in [0.25, 0.3) is 0 Å². The van der Waals surface area contributed by atoms with Crippen molar-refractivity contribution in [3.8, 4) is 11.5 Å². The molecule has 2 aliphatic rings. The molecule has 0 fully saturated rings. The van der Waals surface area contributed by atoms with Crippen LogP contribution < -0.4 is 15.1 Å². The normalized spacial score (nSPS) is 16.1. The Bertz CT molecular complexity index is 1760. The van der Waals surface area contributed by atoms with Gasteiger partial charge in [-0.25, -0.2) is 9.80 Å². The molecule has 1 unspecified atom stereocenters. The number of anilines is 2. The lowest BCUT2D eigenvalue weighted by Crippen LogP contribution is -2.34. The van der Waals surface area contributed by atoms with Gasteiger partial charge in [0.1, 0.15) is 11.5 Å². The predicted octanol–water partition coefficient (Wildman–Crippen LogP) is 8.13. The second-order valence-corrected chi connectivity index (χ2v) is 11.2. The van der Waals surface area contributed by atoms with E-state index in [1.54, 1.807) is 0 Å². The molecule has 6 nitrogen and oxygen atoms in total. The monoisotopic (exact) mass is 581 g/mol. The highest BCUT2D eigenvalue weighted by Crippen LogP contribution is 2.57. The summed E-state index contributed by atoms with van der Waals surface area (Å²) in [4.78, 5) is 15.7. The molecule has 0 bridgehead atoms. The number of fused-ring (bicyclic) bond motifs is 6. The van der Waals surface area contributed by atoms with E-state index in [1.807, 2.05) is 48.5 Å². The molecule has 1 spiro atoms. The van der Waals surface area contributed by atoms with E-state index in [1.165, 1.54) is 11.1 Å². The molecule has 1 N–H and O–H groups in total. The van der Waals surface area contributed by atoms with E-state index in [0.29, 0.717) is 30.2 Å². The third kappa shape index (κ3) is 4.87. The van der Waals surface area contributed by atoms with Crippen LogP contribution in [0, 0.1) is 0 Å². The molecule has 220 valence electrons. The van der Waals surface area contributed by atoms with Crippen LogP contribution >= 0.6 is 0 Å². The van der Waals surface area contributed by atoms with Gasteiger partial charge in [-0.05, 0) is 61.4 Å². The van der Waals surface area contributed by atoms with Crippen molar-refractivity contribution in [3.63, 3.8) is 0 Å². The maximum Gasteiger partial charge on any atom is 0.340 e. The third-order valence-electron chi connectivity index (χ3n) is 8.54. The van der Waals surface area contributed by atoms with Gasteiger partial charge in [0.05, 0.1) is 5.56 Å². The molecule has 5 aromatic carbocycles. The van der Waals surface area contributed by atoms with E-state index in [0.717, 1.165) is 41.2 Å². The zero-order valence-electron chi connectivity index (χ0n) is 25.0. The summed E-state index contributed by atoms with van der Waals surface area (Å²) in [6, 6.07) is 40.8. The molecule has 0 saturated heterocycles. The highest BCUT2D eigenvalue weighted by Gasteiger charge is 2.53. The second-order valence-electron chi connectivity index (χ2n) is 11.2. The molecule has 0 aromatic heterocycles. The fourth-order valence-corrected chi connectivity index (χ4v) is 6.44. The first kappa shape index (κ1) is 27.7. The number of benzene rings is 5. The number of ether oxygens (including phenoxy) is 2. The fraction of sp³-hybridized carbons (Fsp3) is 0.184. The summed E-state index contributed by atoms with van der Waals surface area (Å²) >= 11 is 0. The average molecular weight is 582 g/mol. The smallest absolute Gasteiger partial charge is 0.340 e. The maximum absolute atomic E-state index is 13.4. The third-order valence-corrected chi connectivity index (χ3v) is 8.54. The molecular weight excluding hydrogens is 546 g/mol. The molecule has 0 saturated carbocycles. The first-order valence-corrected chi connectivity index (χ1v) is 15.2. The largest absolute Gasteiger partial charge is 0.456 e. The van der Waals surface area contributed by atoms with E-state index in [4.69, 9.17) is 9.47 Å². The van der Waals surface area contributed by atoms with Crippen molar-refractivity contribution in [2.24, 2.45) is 0 Å². The Labute approximate surface area is 258 Å². The molecule has 7 rings (SSSR count). The first-order chi connectivity index (χ1) is 21.6. The van der Waals surface area contributed by atoms with Gasteiger partial charge in [-0.15, -0.1) is 0 Å². The lowest BCUT2D eigenvalue weighted by atomic mass is 9.77. The Morgan fingerprint density at radius 2 is 1.32 bits per heavy atom. The fourth-order valence-electron chi connectivity index (χ4n) is 6.44. The van der Waals surface area contributed by atoms with Crippen LogP contribution in [0.4, 0.5) is 11.4 Å². The highest BCUT2D eigenvalue weighted by molar-refractivity contribution is 5.97. The van der Waals surface area contributed by atoms with E-state index in [9.17, 15) is 4.79 Å². The molecular formula is C38H35N3O3. The van der Waals surface area contributed by atoms with E-state index >= 15 is 0 Å². The van der Waals surface area contributed by atoms with Gasteiger partial charge in [0, 0.05) is 60.3 Å². The van der Waals surface area contributed by atoms with Gasteiger partial charge in [-0.1, -0.05) is 78.9 Å². The quantitative estimate of drug-likeness (QED) is 0.140. The molecule has 1 atom stereocenters. The molecule has 2 aliphatic heterocycles. The summed E-state index contributed by atoms with van der Waals surface area (Å²) in [7, 11) is 0. The lowest BCUT2D eigenvalue weighted by Gasteiger charge is -2.37. The van der Waals surface area contributed by atoms with E-state index < -0.39 is 5.60 Å². The van der Waals surface area contributed by atoms with Crippen LogP contribution in [0.1, 0.15) is 52.0 Å². The van der Waals surface area contributed by atoms with Gasteiger partial charge in [-0.3, -0.25) is 0 Å². The molecule has 44 heavy (non-hydrogen) atoms. The number of esters is 1. The number of hydrogen-bond donors (Lipinski definition) is 1. The zero-order chi connectivity index (χ0) is 30.1. The van der Waals surface area contributed by atoms with Crippen LogP contribution in [0.15, 0.2) is 121 Å². The Hall–Kier alpha value is -5.07. The second kappa shape index (κ2) is 11.5. The molecule has 2 heterocycles. The number of rotatable bonds is 9. The standard InChI is InChI=1S/C38H35N3O3/c1-3-40(4-2)30-20-21-33-36(24-30)43-35-22-19-29(23-34(35)38(33)32-18-12-11-17-31(32)37(42)44-38)39-41(25-27-13-7-5-8-14-27)26-28-15-9-6-10-16-28/h5-24,39H,3-4,25-26H2,1-2H3. The Kier molecular flexibility index (Phi) is 7.28. The topological polar surface area (TPSA) is 54.0 Å². The minimum Gasteiger partial charge on any atom is -0.456 e. The summed E-state index contributed by atoms with van der Waals surface area (Å²) in [6.07, 6.45) is 0. The average Bonchev–Trinajstić information content (AvgIpc) is 3.35. The summed E-state index contributed by atoms with van der Waals surface area (Å²) in [6.45, 7) is 7.44. The number of hydrogen-bond acceptors (Lipinski definition) is 6. The van der Waals surface area contributed by atoms with Crippen molar-refractivity contribution < 1.29 is 14.3 Å². The van der Waals surface area contributed by atoms with Crippen molar-refractivity contribution >= 4 is 17.3 Å². The molecule has 0 amide bonds. The van der Waals surface area contributed by atoms with Crippen molar-refractivity contribution in [3.05, 3.63) is 155 Å². The van der Waals surface area contributed by atoms with Crippen LogP contribution in [0.5, 0.6) is 11.5 Å². The number of hydrazine groups is 1. The number of nitrogens with one attached hydrogen (secondary N) is 1. The van der Waals surface area contributed by atoms with Crippen LogP contribution in [-0.4, -0.2) is 24.1 Å². The van der Waals surface area contributed by atoms with Gasteiger partial charge in [0.15, 0.2) is 5.60 Å². The van der Waals surface area contributed by atoms with Crippen molar-refractivity contribution in [1.82, 2.24) is 5.01 Å². The Balaban J connectivity index is 1.32. The predicted molar refractivity (Wildman–Crippen MR) is 174 cm³/mol. The SMILES string of the molecule is CCN(CC)c1ccc2c(c1)Oc1ccc(NN(Cc3ccccc3)Cc3ccccc3)cc1C21OC(=O)c2ccccc21. The maximum atomic E-state index is 13.4. The van der Waals surface area contributed by atoms with Gasteiger partial charge >= 0.3 is 5.97 Å². The number of nitrogens with zero attached hydrogens (tertiary/aromatic N) is 2. The van der Waals surface area contributed by atoms with Gasteiger partial charge in [0.2, 0.25) is 0 Å². The van der Waals surface area contributed by atoms with Crippen molar-refractivity contribution in [2.45, 2.75) is 32.5 Å². The molecule has 0 aliphatic carbocycles. The number of carbonyl (C=O) groups excluding carboxylic acids is 1. The molecule has 6 heteroatoms. The summed E-state index contributed by atoms with van der Waals surface area (Å²) in [5, 5.41) is 2.20. The van der Waals surface area contributed by atoms with Crippen molar-refractivity contribution in [1.29, 1.82) is 0 Å². The number of carbonyl (C=O) groups is 1. The minimum atomic E-state index is -1.13. The van der Waals surface area contributed by atoms with Crippen LogP contribution in [0.2, 0.25) is 0 Å². The van der Waals surface area contributed by atoms with Crippen LogP contribution in [-0.2, 0) is 23.4 Å². The lowest BCUT2D eigenvalue weighted by molar-refractivity contribution is 0.0224. The molecule has 5 aromatic rings. The zero-order valence-corrected chi connectivity index (χ0v) is 25.0. The highest BCUT2D eigenvalue weighted by atomic mass is 16.6. The van der Waals surface area contributed by atoms with E-state index in [2.05, 4.69) is 102 Å². The van der Waals surface area contributed by atoms with Gasteiger partial charge in [-0.2, -0.15) is 0 Å².